The van der Waals surface area contributed by atoms with Gasteiger partial charge in [0.15, 0.2) is 11.5 Å². The molecule has 8 heteroatoms. The largest absolute Gasteiger partial charge is 0.492 e. The molecule has 7 nitrogen and oxygen atoms in total. The van der Waals surface area contributed by atoms with Crippen molar-refractivity contribution in [2.45, 2.75) is 32.7 Å². The summed E-state index contributed by atoms with van der Waals surface area (Å²) in [6.07, 6.45) is 0.397. The fraction of sp³-hybridized carbons (Fsp3) is 0.286. The van der Waals surface area contributed by atoms with Crippen LogP contribution in [0.3, 0.4) is 0 Å². The van der Waals surface area contributed by atoms with Crippen LogP contribution in [-0.4, -0.2) is 35.4 Å². The van der Waals surface area contributed by atoms with Crippen LogP contribution in [0.25, 0.3) is 11.0 Å². The molecule has 4 aromatic rings. The van der Waals surface area contributed by atoms with Crippen LogP contribution in [0, 0.1) is 13.8 Å². The summed E-state index contributed by atoms with van der Waals surface area (Å²) >= 11 is 6.31. The van der Waals surface area contributed by atoms with Crippen LogP contribution >= 0.6 is 11.6 Å². The first-order valence-corrected chi connectivity index (χ1v) is 12.4. The minimum Gasteiger partial charge on any atom is -0.492 e. The van der Waals surface area contributed by atoms with Crippen molar-refractivity contribution in [3.8, 4) is 17.2 Å². The number of carbonyl (C=O) groups excluding carboxylic acids is 1. The van der Waals surface area contributed by atoms with E-state index < -0.39 is 0 Å². The van der Waals surface area contributed by atoms with Crippen molar-refractivity contribution in [2.75, 3.05) is 24.8 Å². The molecule has 1 unspecified atom stereocenters. The Morgan fingerprint density at radius 2 is 1.83 bits per heavy atom. The Balaban J connectivity index is 1.25. The van der Waals surface area contributed by atoms with E-state index >= 15 is 0 Å². The number of halogens is 1. The molecule has 0 aliphatic carbocycles. The van der Waals surface area contributed by atoms with Gasteiger partial charge in [0.05, 0.1) is 17.6 Å². The number of imidazole rings is 1. The third-order valence-corrected chi connectivity index (χ3v) is 7.43. The quantitative estimate of drug-likeness (QED) is 0.341. The zero-order valence-electron chi connectivity index (χ0n) is 20.2. The summed E-state index contributed by atoms with van der Waals surface area (Å²) in [7, 11) is 0. The number of aryl methyl sites for hydroxylation is 2. The molecule has 3 heterocycles. The Morgan fingerprint density at radius 1 is 1.06 bits per heavy atom. The molecule has 1 aromatic heterocycles. The molecule has 0 spiro atoms. The third kappa shape index (κ3) is 4.03. The Kier molecular flexibility index (Phi) is 5.72. The van der Waals surface area contributed by atoms with Crippen molar-refractivity contribution >= 4 is 34.2 Å². The van der Waals surface area contributed by atoms with Crippen molar-refractivity contribution in [1.29, 1.82) is 0 Å². The molecule has 1 atom stereocenters. The number of anilines is 1. The molecule has 1 amide bonds. The second-order valence-corrected chi connectivity index (χ2v) is 9.65. The molecule has 1 fully saturated rings. The predicted octanol–water partition coefficient (Wildman–Crippen LogP) is 5.63. The van der Waals surface area contributed by atoms with Gasteiger partial charge in [0.2, 0.25) is 12.7 Å². The topological polar surface area (TPSA) is 65.8 Å². The molecular weight excluding hydrogens is 478 g/mol. The molecule has 2 aliphatic rings. The summed E-state index contributed by atoms with van der Waals surface area (Å²) in [5.41, 5.74) is 4.75. The van der Waals surface area contributed by atoms with Gasteiger partial charge < -0.3 is 23.7 Å². The van der Waals surface area contributed by atoms with E-state index in [1.807, 2.05) is 67.3 Å². The molecule has 1 saturated heterocycles. The fourth-order valence-electron chi connectivity index (χ4n) is 5.07. The fourth-order valence-corrected chi connectivity index (χ4v) is 5.18. The van der Waals surface area contributed by atoms with Gasteiger partial charge in [-0.05, 0) is 61.4 Å². The van der Waals surface area contributed by atoms with Gasteiger partial charge >= 0.3 is 0 Å². The number of rotatable bonds is 6. The van der Waals surface area contributed by atoms with Crippen LogP contribution in [0.15, 0.2) is 54.6 Å². The van der Waals surface area contributed by atoms with Crippen molar-refractivity contribution in [2.24, 2.45) is 0 Å². The first-order chi connectivity index (χ1) is 17.5. The standard InChI is InChI=1S/C28H26ClN3O4/c1-17-11-21(12-18(2)27(17)29)34-10-9-31-23-6-4-3-5-22(23)30-28(31)19-13-26(33)32(15-19)20-7-8-24-25(14-20)36-16-35-24/h3-8,11-12,14,19H,9-10,13,15-16H2,1-2H3. The number of ether oxygens (including phenoxy) is 3. The minimum absolute atomic E-state index is 0.0321. The van der Waals surface area contributed by atoms with Crippen LogP contribution in [0.2, 0.25) is 5.02 Å². The van der Waals surface area contributed by atoms with E-state index in [9.17, 15) is 4.79 Å². The number of carbonyl (C=O) groups is 1. The van der Waals surface area contributed by atoms with Crippen LogP contribution in [0.4, 0.5) is 5.69 Å². The van der Waals surface area contributed by atoms with E-state index in [2.05, 4.69) is 10.6 Å². The average molecular weight is 504 g/mol. The normalized spacial score (nSPS) is 16.8. The SMILES string of the molecule is Cc1cc(OCCn2c(C3CC(=O)N(c4ccc5c(c4)OCO5)C3)nc3ccccc32)cc(C)c1Cl. The van der Waals surface area contributed by atoms with Gasteiger partial charge in [-0.1, -0.05) is 23.7 Å². The number of amides is 1. The Hall–Kier alpha value is -3.71. The van der Waals surface area contributed by atoms with Crippen molar-refractivity contribution in [3.63, 3.8) is 0 Å². The minimum atomic E-state index is -0.0321. The van der Waals surface area contributed by atoms with Crippen LogP contribution < -0.4 is 19.1 Å². The lowest BCUT2D eigenvalue weighted by Gasteiger charge is -2.18. The summed E-state index contributed by atoms with van der Waals surface area (Å²) in [5, 5.41) is 0.767. The number of fused-ring (bicyclic) bond motifs is 2. The Labute approximate surface area is 214 Å². The number of hydrogen-bond donors (Lipinski definition) is 0. The van der Waals surface area contributed by atoms with Gasteiger partial charge in [0.1, 0.15) is 18.2 Å². The maximum absolute atomic E-state index is 13.1. The second kappa shape index (κ2) is 9.06. The van der Waals surface area contributed by atoms with Gasteiger partial charge in [-0.15, -0.1) is 0 Å². The number of hydrogen-bond acceptors (Lipinski definition) is 5. The van der Waals surface area contributed by atoms with E-state index in [1.54, 1.807) is 0 Å². The number of benzene rings is 3. The summed E-state index contributed by atoms with van der Waals surface area (Å²) in [4.78, 5) is 19.8. The van der Waals surface area contributed by atoms with Crippen LogP contribution in [-0.2, 0) is 11.3 Å². The Bertz CT molecular complexity index is 1460. The first kappa shape index (κ1) is 22.7. The first-order valence-electron chi connectivity index (χ1n) is 12.0. The number of aromatic nitrogens is 2. The van der Waals surface area contributed by atoms with Gasteiger partial charge in [0.25, 0.3) is 0 Å². The molecule has 0 bridgehead atoms. The van der Waals surface area contributed by atoms with Crippen molar-refractivity contribution in [3.05, 3.63) is 76.6 Å². The van der Waals surface area contributed by atoms with E-state index in [0.717, 1.165) is 44.4 Å². The smallest absolute Gasteiger partial charge is 0.231 e. The summed E-state index contributed by atoms with van der Waals surface area (Å²) in [6, 6.07) is 17.6. The Morgan fingerprint density at radius 3 is 2.67 bits per heavy atom. The van der Waals surface area contributed by atoms with Gasteiger partial charge in [-0.2, -0.15) is 0 Å². The second-order valence-electron chi connectivity index (χ2n) is 9.27. The zero-order chi connectivity index (χ0) is 24.8. The van der Waals surface area contributed by atoms with Gasteiger partial charge in [0, 0.05) is 35.7 Å². The predicted molar refractivity (Wildman–Crippen MR) is 138 cm³/mol. The lowest BCUT2D eigenvalue weighted by Crippen LogP contribution is -2.24. The summed E-state index contributed by atoms with van der Waals surface area (Å²) in [6.45, 7) is 5.81. The average Bonchev–Trinajstić information content (AvgIpc) is 3.59. The summed E-state index contributed by atoms with van der Waals surface area (Å²) < 4.78 is 19.2. The van der Waals surface area contributed by atoms with Crippen molar-refractivity contribution in [1.82, 2.24) is 9.55 Å². The number of nitrogens with zero attached hydrogens (tertiary/aromatic N) is 3. The highest BCUT2D eigenvalue weighted by Gasteiger charge is 2.35. The van der Waals surface area contributed by atoms with Gasteiger partial charge in [-0.3, -0.25) is 4.79 Å². The molecular formula is C28H26ClN3O4. The van der Waals surface area contributed by atoms with Gasteiger partial charge in [-0.25, -0.2) is 4.98 Å². The highest BCUT2D eigenvalue weighted by molar-refractivity contribution is 6.32. The van der Waals surface area contributed by atoms with E-state index in [0.29, 0.717) is 37.6 Å². The molecule has 0 saturated carbocycles. The molecule has 3 aromatic carbocycles. The van der Waals surface area contributed by atoms with E-state index in [-0.39, 0.29) is 18.6 Å². The van der Waals surface area contributed by atoms with E-state index in [4.69, 9.17) is 30.8 Å². The van der Waals surface area contributed by atoms with E-state index in [1.165, 1.54) is 0 Å². The van der Waals surface area contributed by atoms with Crippen LogP contribution in [0.1, 0.15) is 29.3 Å². The third-order valence-electron chi connectivity index (χ3n) is 6.84. The molecule has 0 N–H and O–H groups in total. The highest BCUT2D eigenvalue weighted by atomic mass is 35.5. The summed E-state index contributed by atoms with van der Waals surface area (Å²) in [5.74, 6) is 3.11. The number of para-hydroxylation sites is 2. The molecule has 36 heavy (non-hydrogen) atoms. The highest BCUT2D eigenvalue weighted by Crippen LogP contribution is 2.39. The van der Waals surface area contributed by atoms with Crippen molar-refractivity contribution < 1.29 is 19.0 Å². The monoisotopic (exact) mass is 503 g/mol. The maximum Gasteiger partial charge on any atom is 0.231 e. The molecule has 6 rings (SSSR count). The maximum atomic E-state index is 13.1. The lowest BCUT2D eigenvalue weighted by molar-refractivity contribution is -0.117. The lowest BCUT2D eigenvalue weighted by atomic mass is 10.1. The zero-order valence-corrected chi connectivity index (χ0v) is 20.9. The molecule has 2 aliphatic heterocycles. The molecule has 0 radical (unpaired) electrons. The molecule has 184 valence electrons. The van der Waals surface area contributed by atoms with Crippen LogP contribution in [0.5, 0.6) is 17.2 Å².